The van der Waals surface area contributed by atoms with Crippen LogP contribution in [0.2, 0.25) is 0 Å². The maximum atomic E-state index is 12.6. The Balaban J connectivity index is 1.28. The lowest BCUT2D eigenvalue weighted by atomic mass is 10.1. The van der Waals surface area contributed by atoms with Gasteiger partial charge in [0.2, 0.25) is 0 Å². The second kappa shape index (κ2) is 9.53. The van der Waals surface area contributed by atoms with Gasteiger partial charge >= 0.3 is 6.09 Å². The van der Waals surface area contributed by atoms with E-state index in [-0.39, 0.29) is 11.3 Å². The van der Waals surface area contributed by atoms with Gasteiger partial charge in [0, 0.05) is 57.9 Å². The van der Waals surface area contributed by atoms with Crippen LogP contribution in [0, 0.1) is 6.92 Å². The monoisotopic (exact) mass is 437 g/mol. The average Bonchev–Trinajstić information content (AvgIpc) is 3.20. The quantitative estimate of drug-likeness (QED) is 0.620. The molecule has 1 aliphatic heterocycles. The van der Waals surface area contributed by atoms with Crippen LogP contribution in [-0.2, 0) is 13.6 Å². The maximum absolute atomic E-state index is 12.6. The summed E-state index contributed by atoms with van der Waals surface area (Å²) in [6.07, 6.45) is 3.34. The SMILES string of the molecule is Cc1cccc(CN2CCN(C(=O)Oc3ccc(C(S)c4nccn4C)cc3)CC2)n1. The third-order valence-electron chi connectivity index (χ3n) is 5.47. The van der Waals surface area contributed by atoms with Crippen molar-refractivity contribution in [1.29, 1.82) is 0 Å². The number of aryl methyl sites for hydroxylation is 2. The van der Waals surface area contributed by atoms with E-state index in [0.717, 1.165) is 42.4 Å². The van der Waals surface area contributed by atoms with Gasteiger partial charge in [0.25, 0.3) is 0 Å². The van der Waals surface area contributed by atoms with Gasteiger partial charge in [-0.3, -0.25) is 9.88 Å². The summed E-state index contributed by atoms with van der Waals surface area (Å²) in [5.41, 5.74) is 3.08. The van der Waals surface area contributed by atoms with E-state index in [1.54, 1.807) is 23.2 Å². The lowest BCUT2D eigenvalue weighted by Crippen LogP contribution is -2.49. The highest BCUT2D eigenvalue weighted by molar-refractivity contribution is 7.80. The molecule has 0 N–H and O–H groups in total. The number of piperazine rings is 1. The van der Waals surface area contributed by atoms with E-state index in [9.17, 15) is 4.79 Å². The molecule has 1 aromatic carbocycles. The summed E-state index contributed by atoms with van der Waals surface area (Å²) in [7, 11) is 1.94. The highest BCUT2D eigenvalue weighted by atomic mass is 32.1. The van der Waals surface area contributed by atoms with Crippen LogP contribution in [0.5, 0.6) is 5.75 Å². The molecule has 1 atom stereocenters. The predicted octanol–water partition coefficient (Wildman–Crippen LogP) is 3.46. The van der Waals surface area contributed by atoms with Crippen molar-refractivity contribution in [3.8, 4) is 5.75 Å². The molecule has 0 saturated carbocycles. The summed E-state index contributed by atoms with van der Waals surface area (Å²) in [4.78, 5) is 25.5. The number of aromatic nitrogens is 3. The molecule has 0 bridgehead atoms. The van der Waals surface area contributed by atoms with Gasteiger partial charge in [0.1, 0.15) is 11.6 Å². The lowest BCUT2D eigenvalue weighted by molar-refractivity contribution is 0.107. The Hall–Kier alpha value is -2.84. The van der Waals surface area contributed by atoms with E-state index in [1.807, 2.05) is 55.1 Å². The molecule has 1 saturated heterocycles. The van der Waals surface area contributed by atoms with Crippen molar-refractivity contribution in [2.75, 3.05) is 26.2 Å². The molecule has 1 unspecified atom stereocenters. The zero-order chi connectivity index (χ0) is 21.8. The molecule has 0 radical (unpaired) electrons. The molecular formula is C23H27N5O2S. The zero-order valence-electron chi connectivity index (χ0n) is 17.8. The van der Waals surface area contributed by atoms with Crippen molar-refractivity contribution in [3.63, 3.8) is 0 Å². The molecule has 1 aliphatic rings. The van der Waals surface area contributed by atoms with Gasteiger partial charge in [-0.25, -0.2) is 9.78 Å². The Labute approximate surface area is 188 Å². The summed E-state index contributed by atoms with van der Waals surface area (Å²) in [6, 6.07) is 13.5. The largest absolute Gasteiger partial charge is 0.415 e. The van der Waals surface area contributed by atoms with Crippen molar-refractivity contribution >= 4 is 18.7 Å². The smallest absolute Gasteiger partial charge is 0.410 e. The molecule has 31 heavy (non-hydrogen) atoms. The fourth-order valence-corrected chi connectivity index (χ4v) is 4.10. The average molecular weight is 438 g/mol. The highest BCUT2D eigenvalue weighted by Crippen LogP contribution is 2.28. The van der Waals surface area contributed by atoms with E-state index in [0.29, 0.717) is 18.8 Å². The maximum Gasteiger partial charge on any atom is 0.415 e. The first-order valence-electron chi connectivity index (χ1n) is 10.4. The molecule has 7 nitrogen and oxygen atoms in total. The molecule has 8 heteroatoms. The van der Waals surface area contributed by atoms with Crippen molar-refractivity contribution in [3.05, 3.63) is 77.6 Å². The molecule has 3 aromatic rings. The fraction of sp³-hybridized carbons (Fsp3) is 0.348. The van der Waals surface area contributed by atoms with Gasteiger partial charge in [-0.2, -0.15) is 12.6 Å². The number of benzene rings is 1. The second-order valence-electron chi connectivity index (χ2n) is 7.77. The minimum Gasteiger partial charge on any atom is -0.410 e. The van der Waals surface area contributed by atoms with Crippen LogP contribution in [0.1, 0.15) is 28.0 Å². The normalized spacial score (nSPS) is 15.6. The summed E-state index contributed by atoms with van der Waals surface area (Å²) >= 11 is 4.67. The Bertz CT molecular complexity index is 1030. The topological polar surface area (TPSA) is 63.5 Å². The van der Waals surface area contributed by atoms with Crippen molar-refractivity contribution < 1.29 is 9.53 Å². The number of ether oxygens (including phenoxy) is 1. The Morgan fingerprint density at radius 3 is 2.52 bits per heavy atom. The highest BCUT2D eigenvalue weighted by Gasteiger charge is 2.23. The number of carbonyl (C=O) groups is 1. The molecule has 3 heterocycles. The molecule has 162 valence electrons. The standard InChI is InChI=1S/C23H27N5O2S/c1-17-4-3-5-19(25-17)16-27-12-14-28(15-13-27)23(29)30-20-8-6-18(7-9-20)21(31)22-24-10-11-26(22)2/h3-11,21,31H,12-16H2,1-2H3. The molecule has 1 fully saturated rings. The summed E-state index contributed by atoms with van der Waals surface area (Å²) < 4.78 is 7.53. The number of pyridine rings is 1. The first-order chi connectivity index (χ1) is 15.0. The van der Waals surface area contributed by atoms with E-state index < -0.39 is 0 Å². The third kappa shape index (κ3) is 5.26. The lowest BCUT2D eigenvalue weighted by Gasteiger charge is -2.33. The third-order valence-corrected chi connectivity index (χ3v) is 6.00. The van der Waals surface area contributed by atoms with Crippen LogP contribution in [0.25, 0.3) is 0 Å². The molecule has 4 rings (SSSR count). The molecule has 0 aliphatic carbocycles. The van der Waals surface area contributed by atoms with Crippen LogP contribution in [0.4, 0.5) is 4.79 Å². The molecule has 1 amide bonds. The van der Waals surface area contributed by atoms with Crippen LogP contribution >= 0.6 is 12.6 Å². The first-order valence-corrected chi connectivity index (χ1v) is 10.9. The van der Waals surface area contributed by atoms with Gasteiger partial charge in [-0.05, 0) is 36.8 Å². The van der Waals surface area contributed by atoms with Gasteiger partial charge in [-0.1, -0.05) is 18.2 Å². The molecule has 2 aromatic heterocycles. The second-order valence-corrected chi connectivity index (χ2v) is 8.29. The van der Waals surface area contributed by atoms with Gasteiger partial charge in [0.15, 0.2) is 0 Å². The first kappa shape index (κ1) is 21.4. The van der Waals surface area contributed by atoms with Gasteiger partial charge in [-0.15, -0.1) is 0 Å². The van der Waals surface area contributed by atoms with E-state index in [4.69, 9.17) is 4.74 Å². The van der Waals surface area contributed by atoms with Gasteiger partial charge in [0.05, 0.1) is 10.9 Å². The number of rotatable bonds is 5. The van der Waals surface area contributed by atoms with Crippen LogP contribution < -0.4 is 4.74 Å². The van der Waals surface area contributed by atoms with E-state index >= 15 is 0 Å². The number of hydrogen-bond donors (Lipinski definition) is 1. The Kier molecular flexibility index (Phi) is 6.58. The number of carbonyl (C=O) groups excluding carboxylic acids is 1. The number of hydrogen-bond acceptors (Lipinski definition) is 6. The summed E-state index contributed by atoms with van der Waals surface area (Å²) in [5, 5.41) is -0.138. The number of amides is 1. The number of imidazole rings is 1. The van der Waals surface area contributed by atoms with Crippen molar-refractivity contribution in [2.45, 2.75) is 18.7 Å². The predicted molar refractivity (Wildman–Crippen MR) is 122 cm³/mol. The zero-order valence-corrected chi connectivity index (χ0v) is 18.7. The summed E-state index contributed by atoms with van der Waals surface area (Å²) in [5.74, 6) is 1.40. The minimum absolute atomic E-state index is 0.138. The Morgan fingerprint density at radius 1 is 1.13 bits per heavy atom. The van der Waals surface area contributed by atoms with E-state index in [1.165, 1.54) is 0 Å². The van der Waals surface area contributed by atoms with Crippen LogP contribution in [-0.4, -0.2) is 56.6 Å². The molecular weight excluding hydrogens is 410 g/mol. The Morgan fingerprint density at radius 2 is 1.87 bits per heavy atom. The van der Waals surface area contributed by atoms with E-state index in [2.05, 4.69) is 27.5 Å². The van der Waals surface area contributed by atoms with Crippen LogP contribution in [0.3, 0.4) is 0 Å². The van der Waals surface area contributed by atoms with Crippen molar-refractivity contribution in [2.24, 2.45) is 7.05 Å². The minimum atomic E-state index is -0.312. The number of nitrogens with zero attached hydrogens (tertiary/aromatic N) is 5. The van der Waals surface area contributed by atoms with Crippen molar-refractivity contribution in [1.82, 2.24) is 24.3 Å². The van der Waals surface area contributed by atoms with Crippen LogP contribution in [0.15, 0.2) is 54.9 Å². The van der Waals surface area contributed by atoms with Gasteiger partial charge < -0.3 is 14.2 Å². The molecule has 0 spiro atoms. The fourth-order valence-electron chi connectivity index (χ4n) is 3.68. The number of thiol groups is 1. The summed E-state index contributed by atoms with van der Waals surface area (Å²) in [6.45, 7) is 5.68.